The zero-order valence-corrected chi connectivity index (χ0v) is 11.1. The summed E-state index contributed by atoms with van der Waals surface area (Å²) in [4.78, 5) is 14.0. The SMILES string of the molecule is C#CCN(CC1CC1)C(=O)C(N)Cc1ccccc1. The van der Waals surface area contributed by atoms with E-state index < -0.39 is 6.04 Å². The maximum Gasteiger partial charge on any atom is 0.240 e. The van der Waals surface area contributed by atoms with Crippen LogP contribution in [0.25, 0.3) is 0 Å². The molecule has 1 fully saturated rings. The average Bonchev–Trinajstić information content (AvgIpc) is 3.22. The van der Waals surface area contributed by atoms with Crippen LogP contribution in [0.15, 0.2) is 30.3 Å². The van der Waals surface area contributed by atoms with Crippen LogP contribution in [-0.4, -0.2) is 29.9 Å². The van der Waals surface area contributed by atoms with Crippen molar-refractivity contribution in [3.05, 3.63) is 35.9 Å². The van der Waals surface area contributed by atoms with Gasteiger partial charge in [-0.05, 0) is 30.7 Å². The second kappa shape index (κ2) is 6.40. The minimum Gasteiger partial charge on any atom is -0.330 e. The van der Waals surface area contributed by atoms with E-state index >= 15 is 0 Å². The molecule has 1 saturated carbocycles. The Bertz CT molecular complexity index is 459. The molecule has 1 aliphatic carbocycles. The monoisotopic (exact) mass is 256 g/mol. The van der Waals surface area contributed by atoms with Crippen molar-refractivity contribution in [2.24, 2.45) is 11.7 Å². The summed E-state index contributed by atoms with van der Waals surface area (Å²) < 4.78 is 0. The van der Waals surface area contributed by atoms with Crippen molar-refractivity contribution in [3.8, 4) is 12.3 Å². The van der Waals surface area contributed by atoms with E-state index in [2.05, 4.69) is 5.92 Å². The van der Waals surface area contributed by atoms with Crippen LogP contribution in [0, 0.1) is 18.3 Å². The van der Waals surface area contributed by atoms with E-state index in [4.69, 9.17) is 12.2 Å². The van der Waals surface area contributed by atoms with E-state index in [0.29, 0.717) is 18.9 Å². The molecule has 0 bridgehead atoms. The van der Waals surface area contributed by atoms with E-state index in [9.17, 15) is 4.79 Å². The lowest BCUT2D eigenvalue weighted by atomic mass is 10.1. The number of nitrogens with two attached hydrogens (primary N) is 1. The summed E-state index contributed by atoms with van der Waals surface area (Å²) in [7, 11) is 0. The fourth-order valence-corrected chi connectivity index (χ4v) is 2.14. The number of hydrogen-bond donors (Lipinski definition) is 1. The van der Waals surface area contributed by atoms with Crippen molar-refractivity contribution < 1.29 is 4.79 Å². The molecule has 100 valence electrons. The van der Waals surface area contributed by atoms with E-state index in [-0.39, 0.29) is 5.91 Å². The van der Waals surface area contributed by atoms with Crippen molar-refractivity contribution in [1.82, 2.24) is 4.90 Å². The molecule has 1 unspecified atom stereocenters. The van der Waals surface area contributed by atoms with Crippen molar-refractivity contribution in [3.63, 3.8) is 0 Å². The first kappa shape index (κ1) is 13.6. The predicted molar refractivity (Wildman–Crippen MR) is 76.3 cm³/mol. The molecule has 0 radical (unpaired) electrons. The van der Waals surface area contributed by atoms with E-state index in [1.807, 2.05) is 30.3 Å². The maximum atomic E-state index is 12.3. The Morgan fingerprint density at radius 2 is 2.11 bits per heavy atom. The van der Waals surface area contributed by atoms with Gasteiger partial charge in [0.1, 0.15) is 0 Å². The van der Waals surface area contributed by atoms with E-state index in [1.54, 1.807) is 4.90 Å². The first-order valence-corrected chi connectivity index (χ1v) is 6.72. The van der Waals surface area contributed by atoms with E-state index in [0.717, 1.165) is 12.1 Å². The van der Waals surface area contributed by atoms with Crippen molar-refractivity contribution in [1.29, 1.82) is 0 Å². The Morgan fingerprint density at radius 3 is 2.68 bits per heavy atom. The molecule has 3 nitrogen and oxygen atoms in total. The summed E-state index contributed by atoms with van der Waals surface area (Å²) in [6.07, 6.45) is 8.29. The van der Waals surface area contributed by atoms with Crippen LogP contribution < -0.4 is 5.73 Å². The summed E-state index contributed by atoms with van der Waals surface area (Å²) >= 11 is 0. The van der Waals surface area contributed by atoms with Gasteiger partial charge in [0.05, 0.1) is 12.6 Å². The number of carbonyl (C=O) groups excluding carboxylic acids is 1. The second-order valence-electron chi connectivity index (χ2n) is 5.16. The van der Waals surface area contributed by atoms with Crippen LogP contribution >= 0.6 is 0 Å². The minimum atomic E-state index is -0.505. The first-order chi connectivity index (χ1) is 9.20. The number of rotatable bonds is 6. The summed E-state index contributed by atoms with van der Waals surface area (Å²) in [5.41, 5.74) is 7.10. The molecule has 1 aromatic rings. The lowest BCUT2D eigenvalue weighted by molar-refractivity contribution is -0.132. The maximum absolute atomic E-state index is 12.3. The molecular weight excluding hydrogens is 236 g/mol. The number of nitrogens with zero attached hydrogens (tertiary/aromatic N) is 1. The van der Waals surface area contributed by atoms with Gasteiger partial charge in [-0.25, -0.2) is 0 Å². The third kappa shape index (κ3) is 4.11. The van der Waals surface area contributed by atoms with Gasteiger partial charge in [0.15, 0.2) is 0 Å². The van der Waals surface area contributed by atoms with Gasteiger partial charge in [0.25, 0.3) is 0 Å². The summed E-state index contributed by atoms with van der Waals surface area (Å²) in [6.45, 7) is 1.11. The standard InChI is InChI=1S/C16H20N2O/c1-2-10-18(12-14-8-9-14)16(19)15(17)11-13-6-4-3-5-7-13/h1,3-7,14-15H,8-12,17H2. The van der Waals surface area contributed by atoms with Gasteiger partial charge in [-0.3, -0.25) is 4.79 Å². The minimum absolute atomic E-state index is 0.0336. The Kier molecular flexibility index (Phi) is 4.59. The molecule has 1 aromatic carbocycles. The molecule has 0 heterocycles. The zero-order valence-electron chi connectivity index (χ0n) is 11.1. The lowest BCUT2D eigenvalue weighted by Gasteiger charge is -2.23. The smallest absolute Gasteiger partial charge is 0.240 e. The van der Waals surface area contributed by atoms with Crippen LogP contribution in [0.5, 0.6) is 0 Å². The summed E-state index contributed by atoms with van der Waals surface area (Å²) in [6, 6.07) is 9.33. The topological polar surface area (TPSA) is 46.3 Å². The van der Waals surface area contributed by atoms with Crippen molar-refractivity contribution in [2.75, 3.05) is 13.1 Å². The number of benzene rings is 1. The van der Waals surface area contributed by atoms with Gasteiger partial charge in [0.2, 0.25) is 5.91 Å². The second-order valence-corrected chi connectivity index (χ2v) is 5.16. The lowest BCUT2D eigenvalue weighted by Crippen LogP contribution is -2.45. The molecule has 1 aliphatic rings. The highest BCUT2D eigenvalue weighted by Gasteiger charge is 2.28. The molecule has 2 N–H and O–H groups in total. The molecule has 2 rings (SSSR count). The molecule has 0 aromatic heterocycles. The Balaban J connectivity index is 1.93. The van der Waals surface area contributed by atoms with E-state index in [1.165, 1.54) is 12.8 Å². The molecule has 0 saturated heterocycles. The molecule has 3 heteroatoms. The molecule has 0 spiro atoms. The highest BCUT2D eigenvalue weighted by atomic mass is 16.2. The molecule has 19 heavy (non-hydrogen) atoms. The number of carbonyl (C=O) groups is 1. The largest absolute Gasteiger partial charge is 0.330 e. The van der Waals surface area contributed by atoms with Gasteiger partial charge in [-0.2, -0.15) is 0 Å². The van der Waals surface area contributed by atoms with Gasteiger partial charge < -0.3 is 10.6 Å². The number of terminal acetylenes is 1. The zero-order chi connectivity index (χ0) is 13.7. The highest BCUT2D eigenvalue weighted by Crippen LogP contribution is 2.29. The van der Waals surface area contributed by atoms with Crippen LogP contribution in [0.3, 0.4) is 0 Å². The highest BCUT2D eigenvalue weighted by molar-refractivity contribution is 5.82. The van der Waals surface area contributed by atoms with Gasteiger partial charge in [-0.1, -0.05) is 36.3 Å². The third-order valence-corrected chi connectivity index (χ3v) is 3.38. The fourth-order valence-electron chi connectivity index (χ4n) is 2.14. The van der Waals surface area contributed by atoms with Crippen LogP contribution in [0.1, 0.15) is 18.4 Å². The van der Waals surface area contributed by atoms with Crippen LogP contribution in [-0.2, 0) is 11.2 Å². The first-order valence-electron chi connectivity index (χ1n) is 6.72. The average molecular weight is 256 g/mol. The van der Waals surface area contributed by atoms with Gasteiger partial charge in [-0.15, -0.1) is 6.42 Å². The quantitative estimate of drug-likeness (QED) is 0.783. The normalized spacial score (nSPS) is 15.6. The number of amides is 1. The van der Waals surface area contributed by atoms with Crippen LogP contribution in [0.2, 0.25) is 0 Å². The Labute approximate surface area is 114 Å². The molecule has 1 amide bonds. The van der Waals surface area contributed by atoms with Crippen molar-refractivity contribution >= 4 is 5.91 Å². The number of hydrogen-bond acceptors (Lipinski definition) is 2. The molecule has 0 aliphatic heterocycles. The Hall–Kier alpha value is -1.79. The third-order valence-electron chi connectivity index (χ3n) is 3.38. The van der Waals surface area contributed by atoms with Crippen LogP contribution in [0.4, 0.5) is 0 Å². The van der Waals surface area contributed by atoms with Gasteiger partial charge >= 0.3 is 0 Å². The molecule has 1 atom stereocenters. The summed E-state index contributed by atoms with van der Waals surface area (Å²) in [5.74, 6) is 3.14. The van der Waals surface area contributed by atoms with Crippen molar-refractivity contribution in [2.45, 2.75) is 25.3 Å². The fraction of sp³-hybridized carbons (Fsp3) is 0.438. The predicted octanol–water partition coefficient (Wildman–Crippen LogP) is 1.43. The molecular formula is C16H20N2O. The Morgan fingerprint density at radius 1 is 1.42 bits per heavy atom. The van der Waals surface area contributed by atoms with Gasteiger partial charge in [0, 0.05) is 6.54 Å². The summed E-state index contributed by atoms with van der Waals surface area (Å²) in [5, 5.41) is 0.